The highest BCUT2D eigenvalue weighted by Gasteiger charge is 2.37. The van der Waals surface area contributed by atoms with Crippen molar-refractivity contribution in [1.82, 2.24) is 0 Å². The molecule has 1 atom stereocenters. The molecule has 3 aromatic carbocycles. The van der Waals surface area contributed by atoms with Gasteiger partial charge >= 0.3 is 0 Å². The predicted molar refractivity (Wildman–Crippen MR) is 130 cm³/mol. The third-order valence-electron chi connectivity index (χ3n) is 5.29. The van der Waals surface area contributed by atoms with E-state index in [0.717, 1.165) is 0 Å². The van der Waals surface area contributed by atoms with Crippen molar-refractivity contribution in [2.45, 2.75) is 11.9 Å². The molecule has 8 nitrogen and oxygen atoms in total. The van der Waals surface area contributed by atoms with Crippen LogP contribution in [-0.4, -0.2) is 41.2 Å². The first kappa shape index (κ1) is 23.7. The van der Waals surface area contributed by atoms with Crippen molar-refractivity contribution in [2.75, 3.05) is 30.4 Å². The topological polar surface area (TPSA) is 94.2 Å². The van der Waals surface area contributed by atoms with Crippen LogP contribution in [0.4, 0.5) is 11.4 Å². The number of ether oxygens (including phenoxy) is 3. The van der Waals surface area contributed by atoms with Crippen LogP contribution in [0.5, 0.6) is 17.2 Å². The Labute approximate surface area is 203 Å². The van der Waals surface area contributed by atoms with Gasteiger partial charge in [-0.3, -0.25) is 9.10 Å². The number of amides is 1. The normalized spacial score (nSPS) is 15.1. The van der Waals surface area contributed by atoms with E-state index in [4.69, 9.17) is 25.8 Å². The highest BCUT2D eigenvalue weighted by Crippen LogP contribution is 2.38. The zero-order valence-corrected chi connectivity index (χ0v) is 20.1. The van der Waals surface area contributed by atoms with E-state index in [1.807, 2.05) is 6.07 Å². The highest BCUT2D eigenvalue weighted by atomic mass is 35.5. The average molecular weight is 503 g/mol. The minimum absolute atomic E-state index is 0.189. The van der Waals surface area contributed by atoms with E-state index in [0.29, 0.717) is 39.2 Å². The number of carbonyl (C=O) groups is 1. The zero-order chi connectivity index (χ0) is 24.3. The number of rotatable bonds is 7. The van der Waals surface area contributed by atoms with Gasteiger partial charge in [0.2, 0.25) is 10.0 Å². The third-order valence-corrected chi connectivity index (χ3v) is 7.30. The van der Waals surface area contributed by atoms with Crippen molar-refractivity contribution in [3.63, 3.8) is 0 Å². The van der Waals surface area contributed by atoms with E-state index >= 15 is 0 Å². The lowest BCUT2D eigenvalue weighted by molar-refractivity contribution is -0.122. The average Bonchev–Trinajstić information content (AvgIpc) is 2.84. The van der Waals surface area contributed by atoms with Gasteiger partial charge in [-0.15, -0.1) is 0 Å². The molecule has 1 heterocycles. The van der Waals surface area contributed by atoms with E-state index in [1.54, 1.807) is 48.5 Å². The summed E-state index contributed by atoms with van der Waals surface area (Å²) in [6.07, 6.45) is -1.10. The number of hydrogen-bond donors (Lipinski definition) is 1. The Morgan fingerprint density at radius 3 is 2.44 bits per heavy atom. The molecular weight excluding hydrogens is 480 g/mol. The summed E-state index contributed by atoms with van der Waals surface area (Å²) < 4.78 is 44.3. The van der Waals surface area contributed by atoms with Crippen LogP contribution in [0.25, 0.3) is 0 Å². The third kappa shape index (κ3) is 4.90. The van der Waals surface area contributed by atoms with E-state index < -0.39 is 22.0 Å². The number of anilines is 2. The molecule has 0 saturated carbocycles. The Kier molecular flexibility index (Phi) is 6.85. The maximum absolute atomic E-state index is 13.4. The van der Waals surface area contributed by atoms with Crippen LogP contribution in [0.2, 0.25) is 5.02 Å². The van der Waals surface area contributed by atoms with Crippen molar-refractivity contribution in [2.24, 2.45) is 0 Å². The number of methoxy groups -OCH3 is 2. The molecule has 3 aromatic rings. The molecule has 1 aliphatic rings. The fourth-order valence-electron chi connectivity index (χ4n) is 3.64. The van der Waals surface area contributed by atoms with Gasteiger partial charge in [-0.25, -0.2) is 8.42 Å². The summed E-state index contributed by atoms with van der Waals surface area (Å²) in [6.45, 7) is -0.189. The van der Waals surface area contributed by atoms with Crippen molar-refractivity contribution in [3.05, 3.63) is 77.3 Å². The van der Waals surface area contributed by atoms with Crippen LogP contribution in [0.15, 0.2) is 66.7 Å². The monoisotopic (exact) mass is 502 g/mol. The summed E-state index contributed by atoms with van der Waals surface area (Å²) in [5.74, 6) is 0.213. The number of fused-ring (bicyclic) bond motifs is 1. The quantitative estimate of drug-likeness (QED) is 0.523. The minimum atomic E-state index is -3.81. The lowest BCUT2D eigenvalue weighted by Gasteiger charge is -2.34. The molecule has 0 fully saturated rings. The van der Waals surface area contributed by atoms with E-state index in [9.17, 15) is 13.2 Å². The number of hydrogen-bond acceptors (Lipinski definition) is 6. The molecule has 0 spiro atoms. The van der Waals surface area contributed by atoms with Crippen molar-refractivity contribution >= 4 is 38.9 Å². The van der Waals surface area contributed by atoms with E-state index in [-0.39, 0.29) is 12.3 Å². The van der Waals surface area contributed by atoms with Crippen LogP contribution in [0, 0.1) is 0 Å². The summed E-state index contributed by atoms with van der Waals surface area (Å²) in [4.78, 5) is 13.2. The summed E-state index contributed by atoms with van der Waals surface area (Å²) in [6, 6.07) is 18.6. The van der Waals surface area contributed by atoms with Crippen molar-refractivity contribution in [3.8, 4) is 17.2 Å². The first-order chi connectivity index (χ1) is 16.3. The zero-order valence-electron chi connectivity index (χ0n) is 18.5. The molecule has 4 rings (SSSR count). The number of benzene rings is 3. The molecular formula is C24H23ClN2O6S. The lowest BCUT2D eigenvalue weighted by atomic mass is 10.2. The van der Waals surface area contributed by atoms with Gasteiger partial charge in [-0.1, -0.05) is 54.1 Å². The second-order valence-corrected chi connectivity index (χ2v) is 9.82. The largest absolute Gasteiger partial charge is 0.495 e. The van der Waals surface area contributed by atoms with Gasteiger partial charge in [0.1, 0.15) is 17.2 Å². The molecule has 1 aliphatic heterocycles. The molecule has 178 valence electrons. The molecule has 1 unspecified atom stereocenters. The molecule has 0 radical (unpaired) electrons. The van der Waals surface area contributed by atoms with Gasteiger partial charge < -0.3 is 19.5 Å². The second-order valence-electron chi connectivity index (χ2n) is 7.52. The van der Waals surface area contributed by atoms with Gasteiger partial charge in [-0.05, 0) is 17.7 Å². The maximum atomic E-state index is 13.4. The Balaban J connectivity index is 1.63. The molecule has 0 aromatic heterocycles. The first-order valence-corrected chi connectivity index (χ1v) is 12.3. The number of para-hydroxylation sites is 2. The van der Waals surface area contributed by atoms with Gasteiger partial charge in [0.15, 0.2) is 6.10 Å². The van der Waals surface area contributed by atoms with Gasteiger partial charge in [0.05, 0.1) is 42.9 Å². The van der Waals surface area contributed by atoms with Crippen molar-refractivity contribution < 1.29 is 27.4 Å². The fourth-order valence-corrected chi connectivity index (χ4v) is 5.45. The Morgan fingerprint density at radius 2 is 1.74 bits per heavy atom. The SMILES string of the molecule is COc1cc(NC(=O)C2CN(S(=O)(=O)Cc3ccccc3)c3ccccc3O2)c(OC)cc1Cl. The van der Waals surface area contributed by atoms with Crippen LogP contribution in [0.3, 0.4) is 0 Å². The smallest absolute Gasteiger partial charge is 0.267 e. The molecule has 0 saturated heterocycles. The van der Waals surface area contributed by atoms with Crippen molar-refractivity contribution in [1.29, 1.82) is 0 Å². The summed E-state index contributed by atoms with van der Waals surface area (Å²) in [7, 11) is -0.909. The van der Waals surface area contributed by atoms with Crippen LogP contribution >= 0.6 is 11.6 Å². The van der Waals surface area contributed by atoms with Crippen LogP contribution in [-0.2, 0) is 20.6 Å². The summed E-state index contributed by atoms with van der Waals surface area (Å²) in [5.41, 5.74) is 1.34. The second kappa shape index (κ2) is 9.82. The Morgan fingerprint density at radius 1 is 1.06 bits per heavy atom. The summed E-state index contributed by atoms with van der Waals surface area (Å²) in [5, 5.41) is 3.05. The molecule has 0 bridgehead atoms. The molecule has 1 N–H and O–H groups in total. The molecule has 34 heavy (non-hydrogen) atoms. The van der Waals surface area contributed by atoms with E-state index in [1.165, 1.54) is 30.7 Å². The Hall–Kier alpha value is -3.43. The van der Waals surface area contributed by atoms with Crippen LogP contribution in [0.1, 0.15) is 5.56 Å². The molecule has 10 heteroatoms. The number of nitrogens with zero attached hydrogens (tertiary/aromatic N) is 1. The number of carbonyl (C=O) groups excluding carboxylic acids is 1. The maximum Gasteiger partial charge on any atom is 0.267 e. The molecule has 0 aliphatic carbocycles. The standard InChI is InChI=1S/C24H23ClN2O6S/c1-31-21-13-18(22(32-2)12-17(21)25)26-24(28)23-14-27(19-10-6-7-11-20(19)33-23)34(29,30)15-16-8-4-3-5-9-16/h3-13,23H,14-15H2,1-2H3,(H,26,28). The Bertz CT molecular complexity index is 1300. The number of halogens is 1. The number of sulfonamides is 1. The van der Waals surface area contributed by atoms with Gasteiger partial charge in [-0.2, -0.15) is 0 Å². The van der Waals surface area contributed by atoms with E-state index in [2.05, 4.69) is 5.32 Å². The first-order valence-electron chi connectivity index (χ1n) is 10.3. The molecule has 1 amide bonds. The fraction of sp³-hybridized carbons (Fsp3) is 0.208. The van der Waals surface area contributed by atoms with Gasteiger partial charge in [0.25, 0.3) is 5.91 Å². The predicted octanol–water partition coefficient (Wildman–Crippen LogP) is 4.09. The number of nitrogens with one attached hydrogen (secondary N) is 1. The summed E-state index contributed by atoms with van der Waals surface area (Å²) >= 11 is 6.14. The van der Waals surface area contributed by atoms with Gasteiger partial charge in [0, 0.05) is 12.1 Å². The highest BCUT2D eigenvalue weighted by molar-refractivity contribution is 7.92. The minimum Gasteiger partial charge on any atom is -0.495 e. The van der Waals surface area contributed by atoms with Crippen LogP contribution < -0.4 is 23.8 Å². The lowest BCUT2D eigenvalue weighted by Crippen LogP contribution is -2.49.